The second kappa shape index (κ2) is 7.06. The van der Waals surface area contributed by atoms with Gasteiger partial charge in [-0.3, -0.25) is 4.98 Å². The SMILES string of the molecule is CNC(Cc1ccccn1)Cc1cc(C)ccc1OC. The summed E-state index contributed by atoms with van der Waals surface area (Å²) in [5.74, 6) is 0.955. The lowest BCUT2D eigenvalue weighted by molar-refractivity contribution is 0.405. The lowest BCUT2D eigenvalue weighted by Gasteiger charge is -2.18. The van der Waals surface area contributed by atoms with E-state index in [4.69, 9.17) is 4.74 Å². The summed E-state index contributed by atoms with van der Waals surface area (Å²) in [6.07, 6.45) is 3.68. The highest BCUT2D eigenvalue weighted by Gasteiger charge is 2.12. The number of aromatic nitrogens is 1. The Labute approximate surface area is 121 Å². The Kier molecular flexibility index (Phi) is 5.13. The molecule has 3 nitrogen and oxygen atoms in total. The average molecular weight is 270 g/mol. The molecule has 20 heavy (non-hydrogen) atoms. The van der Waals surface area contributed by atoms with Gasteiger partial charge in [0.1, 0.15) is 5.75 Å². The van der Waals surface area contributed by atoms with Gasteiger partial charge >= 0.3 is 0 Å². The zero-order chi connectivity index (χ0) is 14.4. The number of hydrogen-bond acceptors (Lipinski definition) is 3. The molecule has 0 radical (unpaired) electrons. The summed E-state index contributed by atoms with van der Waals surface area (Å²) in [7, 11) is 3.72. The number of ether oxygens (including phenoxy) is 1. The Morgan fingerprint density at radius 2 is 2.05 bits per heavy atom. The molecular formula is C17H22N2O. The zero-order valence-electron chi connectivity index (χ0n) is 12.4. The van der Waals surface area contributed by atoms with Gasteiger partial charge in [0.15, 0.2) is 0 Å². The van der Waals surface area contributed by atoms with Crippen LogP contribution in [0, 0.1) is 6.92 Å². The third kappa shape index (κ3) is 3.81. The number of rotatable bonds is 6. The summed E-state index contributed by atoms with van der Waals surface area (Å²) in [6, 6.07) is 12.7. The molecule has 2 aromatic rings. The molecule has 0 saturated heterocycles. The molecule has 1 aromatic carbocycles. The predicted molar refractivity (Wildman–Crippen MR) is 82.2 cm³/mol. The van der Waals surface area contributed by atoms with Gasteiger partial charge in [0, 0.05) is 24.4 Å². The number of nitrogens with zero attached hydrogens (tertiary/aromatic N) is 1. The third-order valence-electron chi connectivity index (χ3n) is 3.49. The first-order valence-corrected chi connectivity index (χ1v) is 6.93. The lowest BCUT2D eigenvalue weighted by Crippen LogP contribution is -2.30. The summed E-state index contributed by atoms with van der Waals surface area (Å²) in [4.78, 5) is 4.40. The zero-order valence-corrected chi connectivity index (χ0v) is 12.4. The highest BCUT2D eigenvalue weighted by molar-refractivity contribution is 5.37. The minimum absolute atomic E-state index is 0.348. The number of benzene rings is 1. The number of nitrogens with one attached hydrogen (secondary N) is 1. The summed E-state index contributed by atoms with van der Waals surface area (Å²) in [5.41, 5.74) is 3.61. The molecule has 0 aliphatic carbocycles. The normalized spacial score (nSPS) is 12.2. The van der Waals surface area contributed by atoms with Gasteiger partial charge in [-0.25, -0.2) is 0 Å². The Hall–Kier alpha value is -1.87. The van der Waals surface area contributed by atoms with Crippen LogP contribution >= 0.6 is 0 Å². The van der Waals surface area contributed by atoms with Gasteiger partial charge in [-0.1, -0.05) is 23.8 Å². The summed E-state index contributed by atoms with van der Waals surface area (Å²) in [6.45, 7) is 2.11. The smallest absolute Gasteiger partial charge is 0.122 e. The molecule has 0 bridgehead atoms. The van der Waals surface area contributed by atoms with Gasteiger partial charge < -0.3 is 10.1 Å². The van der Waals surface area contributed by atoms with E-state index >= 15 is 0 Å². The highest BCUT2D eigenvalue weighted by Crippen LogP contribution is 2.21. The summed E-state index contributed by atoms with van der Waals surface area (Å²) >= 11 is 0. The van der Waals surface area contributed by atoms with E-state index < -0.39 is 0 Å². The molecule has 0 amide bonds. The summed E-state index contributed by atoms with van der Waals surface area (Å²) < 4.78 is 5.45. The molecule has 0 aliphatic heterocycles. The predicted octanol–water partition coefficient (Wildman–Crippen LogP) is 2.77. The molecule has 0 saturated carbocycles. The van der Waals surface area contributed by atoms with Crippen molar-refractivity contribution >= 4 is 0 Å². The van der Waals surface area contributed by atoms with Crippen LogP contribution < -0.4 is 10.1 Å². The fourth-order valence-electron chi connectivity index (χ4n) is 2.38. The number of hydrogen-bond donors (Lipinski definition) is 1. The van der Waals surface area contributed by atoms with Crippen molar-refractivity contribution in [3.63, 3.8) is 0 Å². The van der Waals surface area contributed by atoms with Gasteiger partial charge in [0.05, 0.1) is 7.11 Å². The van der Waals surface area contributed by atoms with Gasteiger partial charge in [-0.2, -0.15) is 0 Å². The quantitative estimate of drug-likeness (QED) is 0.876. The molecule has 1 aromatic heterocycles. The Balaban J connectivity index is 2.12. The number of methoxy groups -OCH3 is 1. The van der Waals surface area contributed by atoms with Crippen LogP contribution in [0.15, 0.2) is 42.6 Å². The minimum atomic E-state index is 0.348. The van der Waals surface area contributed by atoms with Crippen LogP contribution in [0.5, 0.6) is 5.75 Å². The molecule has 0 aliphatic rings. The molecule has 1 N–H and O–H groups in total. The summed E-state index contributed by atoms with van der Waals surface area (Å²) in [5, 5.41) is 3.37. The Morgan fingerprint density at radius 3 is 2.70 bits per heavy atom. The van der Waals surface area contributed by atoms with Crippen LogP contribution in [-0.4, -0.2) is 25.2 Å². The molecule has 1 heterocycles. The van der Waals surface area contributed by atoms with E-state index in [0.29, 0.717) is 6.04 Å². The first-order chi connectivity index (χ1) is 9.72. The van der Waals surface area contributed by atoms with Crippen LogP contribution in [-0.2, 0) is 12.8 Å². The van der Waals surface area contributed by atoms with Crippen LogP contribution in [0.4, 0.5) is 0 Å². The van der Waals surface area contributed by atoms with Gasteiger partial charge in [0.25, 0.3) is 0 Å². The molecular weight excluding hydrogens is 248 g/mol. The second-order valence-electron chi connectivity index (χ2n) is 5.03. The topological polar surface area (TPSA) is 34.2 Å². The van der Waals surface area contributed by atoms with E-state index in [9.17, 15) is 0 Å². The molecule has 0 fully saturated rings. The molecule has 106 valence electrons. The fraction of sp³-hybridized carbons (Fsp3) is 0.353. The maximum atomic E-state index is 5.45. The van der Waals surface area contributed by atoms with E-state index in [1.807, 2.05) is 31.4 Å². The standard InChI is InChI=1S/C17H22N2O/c1-13-7-8-17(20-3)14(10-13)11-16(18-2)12-15-6-4-5-9-19-15/h4-10,16,18H,11-12H2,1-3H3. The number of pyridine rings is 1. The number of likely N-dealkylation sites (N-methyl/N-ethyl adjacent to an activating group) is 1. The van der Waals surface area contributed by atoms with E-state index in [1.54, 1.807) is 7.11 Å². The maximum Gasteiger partial charge on any atom is 0.122 e. The van der Waals surface area contributed by atoms with Crippen molar-refractivity contribution in [3.8, 4) is 5.75 Å². The van der Waals surface area contributed by atoms with Crippen molar-refractivity contribution in [2.24, 2.45) is 0 Å². The van der Waals surface area contributed by atoms with Crippen LogP contribution in [0.2, 0.25) is 0 Å². The van der Waals surface area contributed by atoms with E-state index in [-0.39, 0.29) is 0 Å². The van der Waals surface area contributed by atoms with Crippen molar-refractivity contribution < 1.29 is 4.74 Å². The Morgan fingerprint density at radius 1 is 1.20 bits per heavy atom. The molecule has 3 heteroatoms. The largest absolute Gasteiger partial charge is 0.496 e. The van der Waals surface area contributed by atoms with Crippen LogP contribution in [0.25, 0.3) is 0 Å². The molecule has 1 atom stereocenters. The molecule has 0 spiro atoms. The van der Waals surface area contributed by atoms with Crippen LogP contribution in [0.1, 0.15) is 16.8 Å². The second-order valence-corrected chi connectivity index (χ2v) is 5.03. The van der Waals surface area contributed by atoms with Crippen molar-refractivity contribution in [3.05, 3.63) is 59.4 Å². The minimum Gasteiger partial charge on any atom is -0.496 e. The highest BCUT2D eigenvalue weighted by atomic mass is 16.5. The van der Waals surface area contributed by atoms with Crippen LogP contribution in [0.3, 0.4) is 0 Å². The van der Waals surface area contributed by atoms with Gasteiger partial charge in [-0.05, 0) is 44.2 Å². The Bertz CT molecular complexity index is 540. The number of aryl methyl sites for hydroxylation is 1. The van der Waals surface area contributed by atoms with Crippen molar-refractivity contribution in [1.82, 2.24) is 10.3 Å². The maximum absolute atomic E-state index is 5.45. The van der Waals surface area contributed by atoms with E-state index in [2.05, 4.69) is 35.4 Å². The molecule has 2 rings (SSSR count). The molecule has 1 unspecified atom stereocenters. The van der Waals surface area contributed by atoms with E-state index in [0.717, 1.165) is 24.3 Å². The average Bonchev–Trinajstić information content (AvgIpc) is 2.48. The fourth-order valence-corrected chi connectivity index (χ4v) is 2.38. The first-order valence-electron chi connectivity index (χ1n) is 6.93. The van der Waals surface area contributed by atoms with Crippen molar-refractivity contribution in [2.75, 3.05) is 14.2 Å². The monoisotopic (exact) mass is 270 g/mol. The van der Waals surface area contributed by atoms with E-state index in [1.165, 1.54) is 11.1 Å². The van der Waals surface area contributed by atoms with Crippen molar-refractivity contribution in [1.29, 1.82) is 0 Å². The lowest BCUT2D eigenvalue weighted by atomic mass is 9.99. The van der Waals surface area contributed by atoms with Crippen molar-refractivity contribution in [2.45, 2.75) is 25.8 Å². The third-order valence-corrected chi connectivity index (χ3v) is 3.49. The first kappa shape index (κ1) is 14.5. The van der Waals surface area contributed by atoms with Gasteiger partial charge in [0.2, 0.25) is 0 Å². The van der Waals surface area contributed by atoms with Gasteiger partial charge in [-0.15, -0.1) is 0 Å².